The number of allylic oxidation sites excluding steroid dienone is 1. The van der Waals surface area contributed by atoms with Crippen molar-refractivity contribution in [1.82, 2.24) is 4.90 Å². The maximum Gasteiger partial charge on any atom is 0.176 e. The molecule has 1 aliphatic heterocycles. The molecule has 1 saturated carbocycles. The Bertz CT molecular complexity index is 226. The fourth-order valence-electron chi connectivity index (χ4n) is 2.29. The first-order valence-electron chi connectivity index (χ1n) is 4.75. The molecule has 0 aromatic carbocycles. The maximum atomic E-state index is 11.1. The van der Waals surface area contributed by atoms with E-state index < -0.39 is 0 Å². The molecule has 0 radical (unpaired) electrons. The van der Waals surface area contributed by atoms with Gasteiger partial charge in [0.2, 0.25) is 0 Å². The summed E-state index contributed by atoms with van der Waals surface area (Å²) in [5.41, 5.74) is 1.17. The third-order valence-corrected chi connectivity index (χ3v) is 2.91. The van der Waals surface area contributed by atoms with Crippen molar-refractivity contribution in [2.45, 2.75) is 38.6 Å². The number of carbonyl (C=O) groups is 1. The third kappa shape index (κ3) is 1.26. The van der Waals surface area contributed by atoms with Gasteiger partial charge in [-0.25, -0.2) is 0 Å². The van der Waals surface area contributed by atoms with Gasteiger partial charge in [-0.3, -0.25) is 4.79 Å². The second kappa shape index (κ2) is 2.92. The van der Waals surface area contributed by atoms with Gasteiger partial charge in [-0.05, 0) is 19.8 Å². The van der Waals surface area contributed by atoms with Crippen molar-refractivity contribution in [2.75, 3.05) is 6.54 Å². The quantitative estimate of drug-likeness (QED) is 0.589. The summed E-state index contributed by atoms with van der Waals surface area (Å²) in [4.78, 5) is 13.4. The minimum absolute atomic E-state index is 0.277. The lowest BCUT2D eigenvalue weighted by Crippen LogP contribution is -2.30. The van der Waals surface area contributed by atoms with Gasteiger partial charge >= 0.3 is 0 Å². The molecule has 0 unspecified atom stereocenters. The first-order chi connectivity index (χ1) is 5.77. The summed E-state index contributed by atoms with van der Waals surface area (Å²) in [5, 5.41) is 0. The van der Waals surface area contributed by atoms with Crippen molar-refractivity contribution in [1.29, 1.82) is 0 Å². The van der Waals surface area contributed by atoms with Crippen LogP contribution in [0.4, 0.5) is 0 Å². The topological polar surface area (TPSA) is 20.3 Å². The molecule has 2 heteroatoms. The van der Waals surface area contributed by atoms with Crippen molar-refractivity contribution in [2.24, 2.45) is 0 Å². The van der Waals surface area contributed by atoms with Crippen LogP contribution in [0.15, 0.2) is 11.8 Å². The van der Waals surface area contributed by atoms with E-state index in [1.54, 1.807) is 6.08 Å². The van der Waals surface area contributed by atoms with Crippen molar-refractivity contribution < 1.29 is 4.79 Å². The Hall–Kier alpha value is -0.790. The number of rotatable bonds is 1. The van der Waals surface area contributed by atoms with Crippen molar-refractivity contribution in [3.63, 3.8) is 0 Å². The van der Waals surface area contributed by atoms with Crippen LogP contribution in [0.1, 0.15) is 32.6 Å². The van der Waals surface area contributed by atoms with Gasteiger partial charge in [0.15, 0.2) is 5.78 Å². The van der Waals surface area contributed by atoms with Crippen LogP contribution in [0, 0.1) is 0 Å². The van der Waals surface area contributed by atoms with Crippen molar-refractivity contribution in [3.05, 3.63) is 11.8 Å². The fraction of sp³-hybridized carbons (Fsp3) is 0.700. The molecule has 1 heterocycles. The Labute approximate surface area is 73.2 Å². The first-order valence-corrected chi connectivity index (χ1v) is 4.75. The number of carbonyl (C=O) groups excluding carboxylic acids is 1. The largest absolute Gasteiger partial charge is 0.364 e. The normalized spacial score (nSPS) is 25.2. The second-order valence-corrected chi connectivity index (χ2v) is 3.82. The second-order valence-electron chi connectivity index (χ2n) is 3.82. The highest BCUT2D eigenvalue weighted by Gasteiger charge is 2.27. The molecule has 0 aromatic rings. The van der Waals surface area contributed by atoms with E-state index in [1.165, 1.54) is 31.4 Å². The van der Waals surface area contributed by atoms with Crippen LogP contribution in [0.25, 0.3) is 0 Å². The Morgan fingerprint density at radius 3 is 2.58 bits per heavy atom. The molecule has 0 spiro atoms. The van der Waals surface area contributed by atoms with Gasteiger partial charge in [0, 0.05) is 17.8 Å². The molecule has 0 aromatic heterocycles. The zero-order valence-electron chi connectivity index (χ0n) is 7.55. The molecule has 12 heavy (non-hydrogen) atoms. The Morgan fingerprint density at radius 1 is 1.42 bits per heavy atom. The smallest absolute Gasteiger partial charge is 0.176 e. The van der Waals surface area contributed by atoms with Crippen molar-refractivity contribution in [3.8, 4) is 0 Å². The van der Waals surface area contributed by atoms with E-state index in [1.807, 2.05) is 6.92 Å². The predicted octanol–water partition coefficient (Wildman–Crippen LogP) is 1.72. The summed E-state index contributed by atoms with van der Waals surface area (Å²) in [7, 11) is 0. The maximum absolute atomic E-state index is 11.1. The lowest BCUT2D eigenvalue weighted by atomic mass is 10.2. The molecule has 2 rings (SSSR count). The number of hydrogen-bond donors (Lipinski definition) is 0. The van der Waals surface area contributed by atoms with Crippen LogP contribution in [0.2, 0.25) is 0 Å². The number of hydrogen-bond acceptors (Lipinski definition) is 2. The van der Waals surface area contributed by atoms with Crippen LogP contribution in [-0.2, 0) is 4.79 Å². The van der Waals surface area contributed by atoms with Gasteiger partial charge in [0.05, 0.1) is 6.54 Å². The van der Waals surface area contributed by atoms with E-state index in [-0.39, 0.29) is 5.78 Å². The van der Waals surface area contributed by atoms with Crippen LogP contribution >= 0.6 is 0 Å². The van der Waals surface area contributed by atoms with Crippen LogP contribution in [0.5, 0.6) is 0 Å². The molecule has 1 fully saturated rings. The molecule has 2 aliphatic rings. The number of ketones is 1. The highest BCUT2D eigenvalue weighted by molar-refractivity contribution is 5.94. The average molecular weight is 165 g/mol. The summed E-state index contributed by atoms with van der Waals surface area (Å²) in [6.45, 7) is 2.68. The van der Waals surface area contributed by atoms with Crippen LogP contribution < -0.4 is 0 Å². The predicted molar refractivity (Wildman–Crippen MR) is 47.7 cm³/mol. The monoisotopic (exact) mass is 165 g/mol. The van der Waals surface area contributed by atoms with Gasteiger partial charge < -0.3 is 4.90 Å². The molecule has 0 bridgehead atoms. The summed E-state index contributed by atoms with van der Waals surface area (Å²) < 4.78 is 0. The van der Waals surface area contributed by atoms with E-state index in [4.69, 9.17) is 0 Å². The fourth-order valence-corrected chi connectivity index (χ4v) is 2.29. The molecule has 0 N–H and O–H groups in total. The minimum Gasteiger partial charge on any atom is -0.364 e. The molecular formula is C10H15NO. The standard InChI is InChI=1S/C10H15NO/c1-8-6-10(12)7-11(8)9-4-2-3-5-9/h6,9H,2-5,7H2,1H3. The van der Waals surface area contributed by atoms with Crippen molar-refractivity contribution >= 4 is 5.78 Å². The highest BCUT2D eigenvalue weighted by atomic mass is 16.1. The molecule has 1 aliphatic carbocycles. The zero-order valence-corrected chi connectivity index (χ0v) is 7.55. The van der Waals surface area contributed by atoms with Gasteiger partial charge in [-0.15, -0.1) is 0 Å². The summed E-state index contributed by atoms with van der Waals surface area (Å²) in [6.07, 6.45) is 7.00. The summed E-state index contributed by atoms with van der Waals surface area (Å²) in [6, 6.07) is 0.660. The lowest BCUT2D eigenvalue weighted by molar-refractivity contribution is -0.114. The minimum atomic E-state index is 0.277. The van der Waals surface area contributed by atoms with E-state index in [9.17, 15) is 4.79 Å². The summed E-state index contributed by atoms with van der Waals surface area (Å²) >= 11 is 0. The third-order valence-electron chi connectivity index (χ3n) is 2.91. The SMILES string of the molecule is CC1=CC(=O)CN1C1CCCC1. The highest BCUT2D eigenvalue weighted by Crippen LogP contribution is 2.28. The van der Waals surface area contributed by atoms with E-state index in [0.717, 1.165) is 0 Å². The van der Waals surface area contributed by atoms with E-state index >= 15 is 0 Å². The molecule has 66 valence electrons. The van der Waals surface area contributed by atoms with Crippen LogP contribution in [0.3, 0.4) is 0 Å². The van der Waals surface area contributed by atoms with Gasteiger partial charge in [0.1, 0.15) is 0 Å². The molecule has 0 atom stereocenters. The van der Waals surface area contributed by atoms with Gasteiger partial charge in [-0.2, -0.15) is 0 Å². The lowest BCUT2D eigenvalue weighted by Gasteiger charge is -2.26. The summed E-state index contributed by atoms with van der Waals surface area (Å²) in [5.74, 6) is 0.277. The molecule has 2 nitrogen and oxygen atoms in total. The Morgan fingerprint density at radius 2 is 2.08 bits per heavy atom. The molecule has 0 saturated heterocycles. The first kappa shape index (κ1) is 7.84. The van der Waals surface area contributed by atoms with E-state index in [2.05, 4.69) is 4.90 Å². The Balaban J connectivity index is 2.05. The van der Waals surface area contributed by atoms with E-state index in [0.29, 0.717) is 12.6 Å². The average Bonchev–Trinajstić information content (AvgIpc) is 2.58. The molecule has 0 amide bonds. The van der Waals surface area contributed by atoms with Crippen LogP contribution in [-0.4, -0.2) is 23.3 Å². The zero-order chi connectivity index (χ0) is 8.55. The van der Waals surface area contributed by atoms with Gasteiger partial charge in [-0.1, -0.05) is 12.8 Å². The molecular weight excluding hydrogens is 150 g/mol. The Kier molecular flexibility index (Phi) is 1.91. The number of nitrogens with zero attached hydrogens (tertiary/aromatic N) is 1. The van der Waals surface area contributed by atoms with Gasteiger partial charge in [0.25, 0.3) is 0 Å².